The maximum atomic E-state index is 4.34. The first-order chi connectivity index (χ1) is 5.20. The number of amidine groups is 1. The van der Waals surface area contributed by atoms with E-state index in [0.717, 1.165) is 17.5 Å². The molecule has 11 heavy (non-hydrogen) atoms. The minimum atomic E-state index is 0.290. The number of nitrogens with zero attached hydrogens (tertiary/aromatic N) is 1. The quantitative estimate of drug-likeness (QED) is 0.687. The molecule has 0 spiro atoms. The van der Waals surface area contributed by atoms with Crippen molar-refractivity contribution < 1.29 is 0 Å². The fourth-order valence-corrected chi connectivity index (χ4v) is 2.25. The zero-order chi connectivity index (χ0) is 8.32. The second kappa shape index (κ2) is 3.48. The van der Waals surface area contributed by atoms with Crippen LogP contribution in [-0.2, 0) is 0 Å². The van der Waals surface area contributed by atoms with Crippen molar-refractivity contribution in [3.05, 3.63) is 0 Å². The van der Waals surface area contributed by atoms with Crippen molar-refractivity contribution in [2.45, 2.75) is 32.7 Å². The van der Waals surface area contributed by atoms with Crippen molar-refractivity contribution in [2.24, 2.45) is 4.99 Å². The van der Waals surface area contributed by atoms with Crippen LogP contribution in [0.2, 0.25) is 0 Å². The highest BCUT2D eigenvalue weighted by Crippen LogP contribution is 2.25. The monoisotopic (exact) mass is 172 g/mol. The van der Waals surface area contributed by atoms with Crippen LogP contribution in [0.5, 0.6) is 0 Å². The highest BCUT2D eigenvalue weighted by atomic mass is 32.2. The third-order valence-corrected chi connectivity index (χ3v) is 3.30. The summed E-state index contributed by atoms with van der Waals surface area (Å²) in [7, 11) is 0. The molecule has 1 unspecified atom stereocenters. The van der Waals surface area contributed by atoms with Gasteiger partial charge in [0.15, 0.2) is 5.17 Å². The van der Waals surface area contributed by atoms with Gasteiger partial charge in [0.05, 0.1) is 0 Å². The molecule has 1 heterocycles. The smallest absolute Gasteiger partial charge is 0.157 e. The molecule has 0 saturated carbocycles. The molecule has 0 aromatic rings. The Morgan fingerprint density at radius 1 is 1.64 bits per heavy atom. The molecule has 1 aliphatic rings. The Morgan fingerprint density at radius 2 is 2.36 bits per heavy atom. The molecule has 1 atom stereocenters. The highest BCUT2D eigenvalue weighted by molar-refractivity contribution is 8.14. The van der Waals surface area contributed by atoms with E-state index in [1.807, 2.05) is 11.8 Å². The maximum absolute atomic E-state index is 4.34. The van der Waals surface area contributed by atoms with E-state index in [9.17, 15) is 0 Å². The summed E-state index contributed by atoms with van der Waals surface area (Å²) in [6, 6.07) is 0. The van der Waals surface area contributed by atoms with Gasteiger partial charge >= 0.3 is 0 Å². The Labute approximate surface area is 72.9 Å². The summed E-state index contributed by atoms with van der Waals surface area (Å²) in [6.07, 6.45) is 1.17. The lowest BCUT2D eigenvalue weighted by atomic mass is 10.0. The van der Waals surface area contributed by atoms with Crippen molar-refractivity contribution >= 4 is 16.9 Å². The maximum Gasteiger partial charge on any atom is 0.157 e. The van der Waals surface area contributed by atoms with E-state index in [-0.39, 0.29) is 0 Å². The molecule has 0 bridgehead atoms. The molecular formula is C8H16N2S. The van der Waals surface area contributed by atoms with Gasteiger partial charge in [0.1, 0.15) is 0 Å². The van der Waals surface area contributed by atoms with Crippen LogP contribution in [0.3, 0.4) is 0 Å². The van der Waals surface area contributed by atoms with Gasteiger partial charge in [-0.3, -0.25) is 4.99 Å². The summed E-state index contributed by atoms with van der Waals surface area (Å²) in [5.41, 5.74) is 0.290. The number of thioether (sulfide) groups is 1. The Kier molecular flexibility index (Phi) is 2.82. The minimum absolute atomic E-state index is 0.290. The molecule has 2 nitrogen and oxygen atoms in total. The van der Waals surface area contributed by atoms with E-state index < -0.39 is 0 Å². The van der Waals surface area contributed by atoms with Crippen LogP contribution in [0, 0.1) is 0 Å². The van der Waals surface area contributed by atoms with E-state index in [1.54, 1.807) is 0 Å². The zero-order valence-corrected chi connectivity index (χ0v) is 8.29. The predicted molar refractivity (Wildman–Crippen MR) is 52.3 cm³/mol. The van der Waals surface area contributed by atoms with Crippen molar-refractivity contribution in [1.82, 2.24) is 5.32 Å². The molecule has 1 fully saturated rings. The average Bonchev–Trinajstić information content (AvgIpc) is 2.35. The lowest BCUT2D eigenvalue weighted by Crippen LogP contribution is -2.39. The summed E-state index contributed by atoms with van der Waals surface area (Å²) in [6.45, 7) is 7.41. The lowest BCUT2D eigenvalue weighted by molar-refractivity contribution is 0.466. The molecule has 1 rings (SSSR count). The van der Waals surface area contributed by atoms with Crippen LogP contribution >= 0.6 is 11.8 Å². The van der Waals surface area contributed by atoms with Gasteiger partial charge in [0.25, 0.3) is 0 Å². The normalized spacial score (nSPS) is 34.3. The SMILES string of the molecule is CCN=C1NC(C)(CC)CS1. The van der Waals surface area contributed by atoms with Gasteiger partial charge in [-0.05, 0) is 20.3 Å². The van der Waals surface area contributed by atoms with Crippen molar-refractivity contribution in [3.63, 3.8) is 0 Å². The third-order valence-electron chi connectivity index (χ3n) is 2.02. The van der Waals surface area contributed by atoms with E-state index >= 15 is 0 Å². The van der Waals surface area contributed by atoms with Crippen LogP contribution in [0.15, 0.2) is 4.99 Å². The topological polar surface area (TPSA) is 24.4 Å². The fraction of sp³-hybridized carbons (Fsp3) is 0.875. The van der Waals surface area contributed by atoms with Gasteiger partial charge in [0, 0.05) is 17.8 Å². The molecule has 1 N–H and O–H groups in total. The van der Waals surface area contributed by atoms with E-state index in [0.29, 0.717) is 5.54 Å². The number of hydrogen-bond donors (Lipinski definition) is 1. The van der Waals surface area contributed by atoms with Gasteiger partial charge in [-0.1, -0.05) is 18.7 Å². The first-order valence-corrected chi connectivity index (χ1v) is 5.14. The van der Waals surface area contributed by atoms with E-state index in [1.165, 1.54) is 6.42 Å². The number of hydrogen-bond acceptors (Lipinski definition) is 2. The molecule has 3 heteroatoms. The molecule has 0 aromatic carbocycles. The van der Waals surface area contributed by atoms with Crippen LogP contribution in [-0.4, -0.2) is 23.0 Å². The Morgan fingerprint density at radius 3 is 2.82 bits per heavy atom. The van der Waals surface area contributed by atoms with E-state index in [4.69, 9.17) is 0 Å². The summed E-state index contributed by atoms with van der Waals surface area (Å²) in [5, 5.41) is 4.55. The standard InChI is InChI=1S/C8H16N2S/c1-4-8(3)6-11-7(10-8)9-5-2/h4-6H2,1-3H3,(H,9,10). The third kappa shape index (κ3) is 2.12. The van der Waals surface area contributed by atoms with E-state index in [2.05, 4.69) is 31.1 Å². The van der Waals surface area contributed by atoms with Gasteiger partial charge < -0.3 is 5.32 Å². The van der Waals surface area contributed by atoms with Crippen LogP contribution < -0.4 is 5.32 Å². The number of nitrogens with one attached hydrogen (secondary N) is 1. The van der Waals surface area contributed by atoms with Crippen molar-refractivity contribution in [3.8, 4) is 0 Å². The molecule has 1 aliphatic heterocycles. The fourth-order valence-electron chi connectivity index (χ4n) is 0.977. The molecule has 0 aliphatic carbocycles. The number of aliphatic imine (C=N–C) groups is 1. The molecule has 1 saturated heterocycles. The Bertz CT molecular complexity index is 167. The zero-order valence-electron chi connectivity index (χ0n) is 7.48. The van der Waals surface area contributed by atoms with Gasteiger partial charge in [-0.2, -0.15) is 0 Å². The van der Waals surface area contributed by atoms with Crippen molar-refractivity contribution in [2.75, 3.05) is 12.3 Å². The summed E-state index contributed by atoms with van der Waals surface area (Å²) >= 11 is 1.84. The Balaban J connectivity index is 2.52. The largest absolute Gasteiger partial charge is 0.359 e. The van der Waals surface area contributed by atoms with Crippen LogP contribution in [0.1, 0.15) is 27.2 Å². The summed E-state index contributed by atoms with van der Waals surface area (Å²) in [5.74, 6) is 1.16. The first-order valence-electron chi connectivity index (χ1n) is 4.15. The minimum Gasteiger partial charge on any atom is -0.359 e. The summed E-state index contributed by atoms with van der Waals surface area (Å²) < 4.78 is 0. The first kappa shape index (κ1) is 8.91. The molecule has 64 valence electrons. The van der Waals surface area contributed by atoms with Crippen LogP contribution in [0.4, 0.5) is 0 Å². The number of rotatable bonds is 2. The summed E-state index contributed by atoms with van der Waals surface area (Å²) in [4.78, 5) is 4.34. The molecule has 0 aromatic heterocycles. The predicted octanol–water partition coefficient (Wildman–Crippen LogP) is 1.87. The van der Waals surface area contributed by atoms with Gasteiger partial charge in [0.2, 0.25) is 0 Å². The average molecular weight is 172 g/mol. The molecular weight excluding hydrogens is 156 g/mol. The van der Waals surface area contributed by atoms with Gasteiger partial charge in [-0.25, -0.2) is 0 Å². The second-order valence-corrected chi connectivity index (χ2v) is 4.07. The highest BCUT2D eigenvalue weighted by Gasteiger charge is 2.30. The Hall–Kier alpha value is -0.180. The molecule has 0 radical (unpaired) electrons. The van der Waals surface area contributed by atoms with Gasteiger partial charge in [-0.15, -0.1) is 0 Å². The van der Waals surface area contributed by atoms with Crippen LogP contribution in [0.25, 0.3) is 0 Å². The lowest BCUT2D eigenvalue weighted by Gasteiger charge is -2.20. The van der Waals surface area contributed by atoms with Crippen molar-refractivity contribution in [1.29, 1.82) is 0 Å². The second-order valence-electron chi connectivity index (χ2n) is 3.11. The molecule has 0 amide bonds.